The number of nitrogen functional groups attached to an aromatic ring is 1. The van der Waals surface area contributed by atoms with E-state index in [1.165, 1.54) is 0 Å². The van der Waals surface area contributed by atoms with Crippen molar-refractivity contribution >= 4 is 23.1 Å². The number of halogens is 1. The first kappa shape index (κ1) is 12.0. The number of rotatable bonds is 3. The Balaban J connectivity index is 3.13. The Bertz CT molecular complexity index is 354. The van der Waals surface area contributed by atoms with E-state index < -0.39 is 0 Å². The first-order valence-corrected chi connectivity index (χ1v) is 5.37. The number of nitrogens with zero attached hydrogens (tertiary/aromatic N) is 3. The maximum absolute atomic E-state index is 5.92. The molecule has 4 nitrogen and oxygen atoms in total. The Labute approximate surface area is 95.5 Å². The van der Waals surface area contributed by atoms with Gasteiger partial charge in [-0.2, -0.15) is 4.98 Å². The van der Waals surface area contributed by atoms with Crippen molar-refractivity contribution in [3.63, 3.8) is 0 Å². The Kier molecular flexibility index (Phi) is 3.74. The summed E-state index contributed by atoms with van der Waals surface area (Å²) in [6, 6.07) is 0.373. The van der Waals surface area contributed by atoms with Gasteiger partial charge in [0, 0.05) is 13.1 Å². The van der Waals surface area contributed by atoms with Crippen molar-refractivity contribution in [2.75, 3.05) is 17.7 Å². The second-order valence-corrected chi connectivity index (χ2v) is 4.02. The molecule has 5 heteroatoms. The molecule has 0 radical (unpaired) electrons. The summed E-state index contributed by atoms with van der Waals surface area (Å²) in [6.45, 7) is 6.06. The highest BCUT2D eigenvalue weighted by molar-refractivity contribution is 6.28. The molecule has 0 fully saturated rings. The van der Waals surface area contributed by atoms with Crippen LogP contribution < -0.4 is 10.6 Å². The molecule has 0 saturated carbocycles. The molecule has 1 atom stereocenters. The molecule has 2 N–H and O–H groups in total. The Morgan fingerprint density at radius 1 is 1.47 bits per heavy atom. The van der Waals surface area contributed by atoms with Gasteiger partial charge in [0.15, 0.2) is 5.82 Å². The summed E-state index contributed by atoms with van der Waals surface area (Å²) in [5, 5.41) is 0.242. The molecule has 0 aliphatic heterocycles. The standard InChI is InChI=1S/C10H17ClN4/c1-5-6(2)15(4)9-8(12)7(3)13-10(11)14-9/h6H,5,12H2,1-4H3. The highest BCUT2D eigenvalue weighted by Gasteiger charge is 2.15. The maximum atomic E-state index is 5.92. The number of aromatic nitrogens is 2. The van der Waals surface area contributed by atoms with E-state index in [1.807, 2.05) is 18.9 Å². The summed E-state index contributed by atoms with van der Waals surface area (Å²) in [5.41, 5.74) is 7.24. The summed E-state index contributed by atoms with van der Waals surface area (Å²) in [4.78, 5) is 10.2. The summed E-state index contributed by atoms with van der Waals surface area (Å²) < 4.78 is 0. The van der Waals surface area contributed by atoms with Crippen LogP contribution in [0.15, 0.2) is 0 Å². The molecular formula is C10H17ClN4. The molecule has 1 aromatic heterocycles. The largest absolute Gasteiger partial charge is 0.394 e. The van der Waals surface area contributed by atoms with Crippen molar-refractivity contribution in [3.05, 3.63) is 11.0 Å². The van der Waals surface area contributed by atoms with E-state index in [-0.39, 0.29) is 5.28 Å². The quantitative estimate of drug-likeness (QED) is 0.807. The normalized spacial score (nSPS) is 12.6. The average molecular weight is 229 g/mol. The van der Waals surface area contributed by atoms with Crippen molar-refractivity contribution in [1.29, 1.82) is 0 Å². The van der Waals surface area contributed by atoms with Crippen LogP contribution in [0.2, 0.25) is 5.28 Å². The summed E-state index contributed by atoms with van der Waals surface area (Å²) in [5.74, 6) is 0.710. The van der Waals surface area contributed by atoms with Crippen LogP contribution in [0.1, 0.15) is 26.0 Å². The zero-order valence-electron chi connectivity index (χ0n) is 9.58. The molecule has 84 valence electrons. The van der Waals surface area contributed by atoms with Gasteiger partial charge in [-0.15, -0.1) is 0 Å². The lowest BCUT2D eigenvalue weighted by atomic mass is 10.2. The van der Waals surface area contributed by atoms with Crippen molar-refractivity contribution < 1.29 is 0 Å². The second kappa shape index (κ2) is 4.66. The van der Waals surface area contributed by atoms with Gasteiger partial charge in [-0.05, 0) is 31.9 Å². The van der Waals surface area contributed by atoms with Crippen LogP contribution in [-0.2, 0) is 0 Å². The van der Waals surface area contributed by atoms with Gasteiger partial charge in [-0.25, -0.2) is 4.98 Å². The lowest BCUT2D eigenvalue weighted by Crippen LogP contribution is -2.30. The minimum Gasteiger partial charge on any atom is -0.394 e. The van der Waals surface area contributed by atoms with Gasteiger partial charge in [0.25, 0.3) is 0 Å². The molecule has 1 heterocycles. The van der Waals surface area contributed by atoms with Gasteiger partial charge in [0.2, 0.25) is 5.28 Å². The van der Waals surface area contributed by atoms with Gasteiger partial charge in [0.1, 0.15) is 0 Å². The third kappa shape index (κ3) is 2.50. The lowest BCUT2D eigenvalue weighted by molar-refractivity contribution is 0.656. The number of anilines is 2. The Morgan fingerprint density at radius 2 is 2.07 bits per heavy atom. The van der Waals surface area contributed by atoms with E-state index in [9.17, 15) is 0 Å². The number of hydrogen-bond acceptors (Lipinski definition) is 4. The van der Waals surface area contributed by atoms with E-state index in [0.717, 1.165) is 12.1 Å². The van der Waals surface area contributed by atoms with Crippen LogP contribution in [-0.4, -0.2) is 23.1 Å². The molecule has 0 bridgehead atoms. The maximum Gasteiger partial charge on any atom is 0.224 e. The third-order valence-corrected chi connectivity index (χ3v) is 2.84. The molecule has 1 rings (SSSR count). The molecule has 0 aliphatic rings. The van der Waals surface area contributed by atoms with Gasteiger partial charge in [0.05, 0.1) is 11.4 Å². The smallest absolute Gasteiger partial charge is 0.224 e. The molecule has 0 saturated heterocycles. The summed E-state index contributed by atoms with van der Waals surface area (Å²) >= 11 is 5.81. The minimum absolute atomic E-state index is 0.242. The summed E-state index contributed by atoms with van der Waals surface area (Å²) in [7, 11) is 1.96. The van der Waals surface area contributed by atoms with E-state index >= 15 is 0 Å². The fourth-order valence-electron chi connectivity index (χ4n) is 1.28. The Hall–Kier alpha value is -1.03. The zero-order valence-corrected chi connectivity index (χ0v) is 10.3. The molecule has 15 heavy (non-hydrogen) atoms. The van der Waals surface area contributed by atoms with E-state index in [2.05, 4.69) is 23.8 Å². The van der Waals surface area contributed by atoms with Gasteiger partial charge < -0.3 is 10.6 Å². The topological polar surface area (TPSA) is 55.0 Å². The lowest BCUT2D eigenvalue weighted by Gasteiger charge is -2.26. The first-order chi connectivity index (χ1) is 6.97. The molecule has 1 aromatic rings. The molecule has 1 unspecified atom stereocenters. The van der Waals surface area contributed by atoms with Crippen molar-refractivity contribution in [2.45, 2.75) is 33.2 Å². The van der Waals surface area contributed by atoms with Crippen LogP contribution in [0.3, 0.4) is 0 Å². The zero-order chi connectivity index (χ0) is 11.6. The van der Waals surface area contributed by atoms with Gasteiger partial charge >= 0.3 is 0 Å². The monoisotopic (exact) mass is 228 g/mol. The number of hydrogen-bond donors (Lipinski definition) is 1. The van der Waals surface area contributed by atoms with Crippen molar-refractivity contribution in [2.24, 2.45) is 0 Å². The molecular weight excluding hydrogens is 212 g/mol. The fourth-order valence-corrected chi connectivity index (χ4v) is 1.49. The van der Waals surface area contributed by atoms with Crippen LogP contribution in [0.5, 0.6) is 0 Å². The third-order valence-electron chi connectivity index (χ3n) is 2.67. The number of nitrogens with two attached hydrogens (primary N) is 1. The molecule has 0 aliphatic carbocycles. The van der Waals surface area contributed by atoms with Crippen LogP contribution in [0, 0.1) is 6.92 Å². The molecule has 0 amide bonds. The van der Waals surface area contributed by atoms with Crippen LogP contribution in [0.25, 0.3) is 0 Å². The first-order valence-electron chi connectivity index (χ1n) is 4.99. The average Bonchev–Trinajstić information content (AvgIpc) is 2.21. The summed E-state index contributed by atoms with van der Waals surface area (Å²) in [6.07, 6.45) is 1.02. The van der Waals surface area contributed by atoms with Gasteiger partial charge in [-0.1, -0.05) is 6.92 Å². The predicted molar refractivity (Wildman–Crippen MR) is 64.3 cm³/mol. The Morgan fingerprint density at radius 3 is 2.60 bits per heavy atom. The van der Waals surface area contributed by atoms with Crippen molar-refractivity contribution in [3.8, 4) is 0 Å². The van der Waals surface area contributed by atoms with Crippen molar-refractivity contribution in [1.82, 2.24) is 9.97 Å². The SMILES string of the molecule is CCC(C)N(C)c1nc(Cl)nc(C)c1N. The van der Waals surface area contributed by atoms with Crippen LogP contribution >= 0.6 is 11.6 Å². The molecule has 0 spiro atoms. The highest BCUT2D eigenvalue weighted by Crippen LogP contribution is 2.25. The van der Waals surface area contributed by atoms with Gasteiger partial charge in [-0.3, -0.25) is 0 Å². The fraction of sp³-hybridized carbons (Fsp3) is 0.600. The molecule has 0 aromatic carbocycles. The van der Waals surface area contributed by atoms with E-state index in [0.29, 0.717) is 17.5 Å². The second-order valence-electron chi connectivity index (χ2n) is 3.68. The van der Waals surface area contributed by atoms with Crippen LogP contribution in [0.4, 0.5) is 11.5 Å². The minimum atomic E-state index is 0.242. The predicted octanol–water partition coefficient (Wildman–Crippen LogP) is 2.26. The highest BCUT2D eigenvalue weighted by atomic mass is 35.5. The number of aryl methyl sites for hydroxylation is 1. The van der Waals surface area contributed by atoms with E-state index in [1.54, 1.807) is 0 Å². The van der Waals surface area contributed by atoms with E-state index in [4.69, 9.17) is 17.3 Å².